The standard InChI is InChI=1S/C15H19F3N4O2/c1-10(23)22-9-3-5-12(22)14(24)21-8-7-20-13-11(15(16,17)18)4-2-6-19-13/h2,4,6,12H,3,5,7-9H2,1H3,(H,19,20)(H,21,24)/t12-/m1/s1. The van der Waals surface area contributed by atoms with Crippen LogP contribution < -0.4 is 10.6 Å². The minimum atomic E-state index is -4.49. The number of likely N-dealkylation sites (tertiary alicyclic amines) is 1. The SMILES string of the molecule is CC(=O)N1CCC[C@@H]1C(=O)NCCNc1ncccc1C(F)(F)F. The van der Waals surface area contributed by atoms with Crippen molar-refractivity contribution in [2.45, 2.75) is 32.0 Å². The van der Waals surface area contributed by atoms with E-state index >= 15 is 0 Å². The first-order chi connectivity index (χ1) is 11.3. The highest BCUT2D eigenvalue weighted by Gasteiger charge is 2.34. The lowest BCUT2D eigenvalue weighted by Crippen LogP contribution is -2.46. The smallest absolute Gasteiger partial charge is 0.368 e. The predicted molar refractivity (Wildman–Crippen MR) is 81.1 cm³/mol. The lowest BCUT2D eigenvalue weighted by atomic mass is 10.2. The van der Waals surface area contributed by atoms with E-state index in [1.165, 1.54) is 24.1 Å². The molecule has 2 heterocycles. The molecule has 1 aliphatic rings. The van der Waals surface area contributed by atoms with Crippen LogP contribution in [0.3, 0.4) is 0 Å². The minimum Gasteiger partial charge on any atom is -0.368 e. The van der Waals surface area contributed by atoms with Gasteiger partial charge >= 0.3 is 6.18 Å². The van der Waals surface area contributed by atoms with Gasteiger partial charge in [0.1, 0.15) is 11.9 Å². The number of carbonyl (C=O) groups is 2. The Balaban J connectivity index is 1.83. The van der Waals surface area contributed by atoms with Crippen molar-refractivity contribution >= 4 is 17.6 Å². The van der Waals surface area contributed by atoms with E-state index in [1.807, 2.05) is 0 Å². The van der Waals surface area contributed by atoms with Crippen LogP contribution in [0.15, 0.2) is 18.3 Å². The first-order valence-corrected chi connectivity index (χ1v) is 7.61. The molecule has 24 heavy (non-hydrogen) atoms. The molecule has 1 saturated heterocycles. The van der Waals surface area contributed by atoms with Crippen LogP contribution in [0, 0.1) is 0 Å². The first-order valence-electron chi connectivity index (χ1n) is 7.61. The molecule has 1 aliphatic heterocycles. The summed E-state index contributed by atoms with van der Waals surface area (Å²) in [4.78, 5) is 28.7. The van der Waals surface area contributed by atoms with Gasteiger partial charge in [0, 0.05) is 32.8 Å². The third kappa shape index (κ3) is 4.36. The van der Waals surface area contributed by atoms with Crippen molar-refractivity contribution in [1.29, 1.82) is 0 Å². The van der Waals surface area contributed by atoms with Crippen LogP contribution in [0.2, 0.25) is 0 Å². The Morgan fingerprint density at radius 2 is 2.12 bits per heavy atom. The van der Waals surface area contributed by atoms with Crippen LogP contribution >= 0.6 is 0 Å². The summed E-state index contributed by atoms with van der Waals surface area (Å²) in [6, 6.07) is 1.66. The Hall–Kier alpha value is -2.32. The number of alkyl halides is 3. The number of hydrogen-bond donors (Lipinski definition) is 2. The largest absolute Gasteiger partial charge is 0.419 e. The maximum Gasteiger partial charge on any atom is 0.419 e. The van der Waals surface area contributed by atoms with Crippen molar-refractivity contribution in [2.75, 3.05) is 25.0 Å². The third-order valence-electron chi connectivity index (χ3n) is 3.79. The van der Waals surface area contributed by atoms with E-state index in [4.69, 9.17) is 0 Å². The second-order valence-electron chi connectivity index (χ2n) is 5.49. The number of aromatic nitrogens is 1. The molecule has 0 radical (unpaired) electrons. The van der Waals surface area contributed by atoms with Crippen molar-refractivity contribution in [3.05, 3.63) is 23.9 Å². The van der Waals surface area contributed by atoms with Gasteiger partial charge in [-0.15, -0.1) is 0 Å². The quantitative estimate of drug-likeness (QED) is 0.797. The number of anilines is 1. The molecule has 0 aromatic carbocycles. The van der Waals surface area contributed by atoms with Crippen molar-refractivity contribution in [2.24, 2.45) is 0 Å². The molecular formula is C15H19F3N4O2. The predicted octanol–water partition coefficient (Wildman–Crippen LogP) is 1.64. The topological polar surface area (TPSA) is 74.3 Å². The van der Waals surface area contributed by atoms with E-state index in [0.717, 1.165) is 12.5 Å². The fourth-order valence-corrected chi connectivity index (χ4v) is 2.68. The van der Waals surface area contributed by atoms with Crippen LogP contribution in [-0.4, -0.2) is 47.4 Å². The summed E-state index contributed by atoms with van der Waals surface area (Å²) in [6.07, 6.45) is -1.87. The Bertz CT molecular complexity index is 607. The zero-order valence-electron chi connectivity index (χ0n) is 13.2. The van der Waals surface area contributed by atoms with Crippen LogP contribution in [-0.2, 0) is 15.8 Å². The normalized spacial score (nSPS) is 17.7. The maximum atomic E-state index is 12.8. The number of nitrogens with zero attached hydrogens (tertiary/aromatic N) is 2. The first kappa shape index (κ1) is 18.0. The molecule has 2 rings (SSSR count). The molecule has 2 amide bonds. The number of hydrogen-bond acceptors (Lipinski definition) is 4. The highest BCUT2D eigenvalue weighted by Crippen LogP contribution is 2.33. The summed E-state index contributed by atoms with van der Waals surface area (Å²) in [5.41, 5.74) is -0.852. The summed E-state index contributed by atoms with van der Waals surface area (Å²) in [5, 5.41) is 5.21. The lowest BCUT2D eigenvalue weighted by molar-refractivity contribution is -0.137. The number of rotatable bonds is 5. The Kier molecular flexibility index (Phi) is 5.63. The molecule has 0 saturated carbocycles. The molecule has 0 spiro atoms. The Morgan fingerprint density at radius 1 is 1.38 bits per heavy atom. The zero-order chi connectivity index (χ0) is 17.7. The molecule has 1 atom stereocenters. The van der Waals surface area contributed by atoms with Crippen molar-refractivity contribution in [3.8, 4) is 0 Å². The maximum absolute atomic E-state index is 12.8. The van der Waals surface area contributed by atoms with Gasteiger partial charge in [0.15, 0.2) is 0 Å². The number of halogens is 3. The van der Waals surface area contributed by atoms with Crippen molar-refractivity contribution < 1.29 is 22.8 Å². The number of amides is 2. The fourth-order valence-electron chi connectivity index (χ4n) is 2.68. The highest BCUT2D eigenvalue weighted by atomic mass is 19.4. The summed E-state index contributed by atoms with van der Waals surface area (Å²) in [6.45, 7) is 2.19. The van der Waals surface area contributed by atoms with Gasteiger partial charge in [-0.25, -0.2) is 4.98 Å². The average molecular weight is 344 g/mol. The lowest BCUT2D eigenvalue weighted by Gasteiger charge is -2.22. The number of carbonyl (C=O) groups excluding carboxylic acids is 2. The molecule has 9 heteroatoms. The average Bonchev–Trinajstić information content (AvgIpc) is 3.00. The highest BCUT2D eigenvalue weighted by molar-refractivity contribution is 5.87. The Morgan fingerprint density at radius 3 is 2.79 bits per heavy atom. The molecule has 1 aromatic rings. The van der Waals surface area contributed by atoms with E-state index < -0.39 is 17.8 Å². The van der Waals surface area contributed by atoms with Gasteiger partial charge in [0.05, 0.1) is 5.56 Å². The summed E-state index contributed by atoms with van der Waals surface area (Å²) >= 11 is 0. The molecule has 6 nitrogen and oxygen atoms in total. The molecule has 2 N–H and O–H groups in total. The van der Waals surface area contributed by atoms with Crippen molar-refractivity contribution in [1.82, 2.24) is 15.2 Å². The molecule has 1 fully saturated rings. The van der Waals surface area contributed by atoms with Gasteiger partial charge in [-0.3, -0.25) is 9.59 Å². The second-order valence-corrected chi connectivity index (χ2v) is 5.49. The van der Waals surface area contributed by atoms with Gasteiger partial charge in [0.25, 0.3) is 0 Å². The van der Waals surface area contributed by atoms with Gasteiger partial charge in [-0.1, -0.05) is 0 Å². The van der Waals surface area contributed by atoms with Gasteiger partial charge in [-0.05, 0) is 25.0 Å². The molecule has 0 bridgehead atoms. The minimum absolute atomic E-state index is 0.0959. The van der Waals surface area contributed by atoms with Gasteiger partial charge < -0.3 is 15.5 Å². The monoisotopic (exact) mass is 344 g/mol. The van der Waals surface area contributed by atoms with E-state index in [-0.39, 0.29) is 30.7 Å². The zero-order valence-corrected chi connectivity index (χ0v) is 13.2. The van der Waals surface area contributed by atoms with Crippen molar-refractivity contribution in [3.63, 3.8) is 0 Å². The summed E-state index contributed by atoms with van der Waals surface area (Å²) < 4.78 is 38.5. The van der Waals surface area contributed by atoms with Crippen LogP contribution in [0.4, 0.5) is 19.0 Å². The number of nitrogens with one attached hydrogen (secondary N) is 2. The van der Waals surface area contributed by atoms with Crippen LogP contribution in [0.1, 0.15) is 25.3 Å². The van der Waals surface area contributed by atoms with E-state index in [0.29, 0.717) is 13.0 Å². The van der Waals surface area contributed by atoms with E-state index in [2.05, 4.69) is 15.6 Å². The molecule has 132 valence electrons. The van der Waals surface area contributed by atoms with E-state index in [9.17, 15) is 22.8 Å². The molecule has 0 unspecified atom stereocenters. The second kappa shape index (κ2) is 7.50. The van der Waals surface area contributed by atoms with E-state index in [1.54, 1.807) is 0 Å². The van der Waals surface area contributed by atoms with Gasteiger partial charge in [0.2, 0.25) is 11.8 Å². The fraction of sp³-hybridized carbons (Fsp3) is 0.533. The number of pyridine rings is 1. The molecule has 0 aliphatic carbocycles. The van der Waals surface area contributed by atoms with Gasteiger partial charge in [-0.2, -0.15) is 13.2 Å². The molecular weight excluding hydrogens is 325 g/mol. The van der Waals surface area contributed by atoms with Crippen LogP contribution in [0.5, 0.6) is 0 Å². The summed E-state index contributed by atoms with van der Waals surface area (Å²) in [7, 11) is 0. The third-order valence-corrected chi connectivity index (χ3v) is 3.79. The molecule has 1 aromatic heterocycles. The Labute approximate surface area is 137 Å². The van der Waals surface area contributed by atoms with Crippen LogP contribution in [0.25, 0.3) is 0 Å². The summed E-state index contributed by atoms with van der Waals surface area (Å²) in [5.74, 6) is -0.721.